The van der Waals surface area contributed by atoms with Crippen molar-refractivity contribution in [1.82, 2.24) is 4.98 Å². The molecule has 6 nitrogen and oxygen atoms in total. The Morgan fingerprint density at radius 2 is 2.00 bits per heavy atom. The van der Waals surface area contributed by atoms with E-state index < -0.39 is 0 Å². The van der Waals surface area contributed by atoms with E-state index in [1.54, 1.807) is 47.7 Å². The van der Waals surface area contributed by atoms with Gasteiger partial charge >= 0.3 is 0 Å². The molecule has 1 fully saturated rings. The third-order valence-electron chi connectivity index (χ3n) is 4.73. The van der Waals surface area contributed by atoms with Gasteiger partial charge < -0.3 is 19.7 Å². The highest BCUT2D eigenvalue weighted by molar-refractivity contribution is 7.09. The lowest BCUT2D eigenvalue weighted by Gasteiger charge is -2.29. The van der Waals surface area contributed by atoms with Gasteiger partial charge in [-0.25, -0.2) is 9.37 Å². The Hall–Kier alpha value is -2.97. The first-order valence-corrected chi connectivity index (χ1v) is 10.5. The van der Waals surface area contributed by atoms with Crippen LogP contribution in [0.15, 0.2) is 47.8 Å². The number of thiazole rings is 1. The van der Waals surface area contributed by atoms with Crippen molar-refractivity contribution in [3.05, 3.63) is 69.9 Å². The van der Waals surface area contributed by atoms with Gasteiger partial charge in [-0.15, -0.1) is 11.3 Å². The van der Waals surface area contributed by atoms with Crippen molar-refractivity contribution >= 4 is 28.6 Å². The Morgan fingerprint density at radius 3 is 2.67 bits per heavy atom. The molecule has 2 heterocycles. The molecule has 0 bridgehead atoms. The summed E-state index contributed by atoms with van der Waals surface area (Å²) in [6, 6.07) is 11.6. The number of hydrogen-bond donors (Lipinski definition) is 1. The monoisotopic (exact) mass is 427 g/mol. The Bertz CT molecular complexity index is 1020. The van der Waals surface area contributed by atoms with E-state index in [1.165, 1.54) is 6.07 Å². The molecule has 1 aliphatic heterocycles. The summed E-state index contributed by atoms with van der Waals surface area (Å²) in [7, 11) is 0. The molecule has 1 saturated heterocycles. The molecule has 0 saturated carbocycles. The fourth-order valence-electron chi connectivity index (χ4n) is 3.18. The molecule has 0 aliphatic carbocycles. The summed E-state index contributed by atoms with van der Waals surface area (Å²) in [6.45, 7) is 4.80. The van der Waals surface area contributed by atoms with E-state index in [4.69, 9.17) is 9.47 Å². The second-order valence-electron chi connectivity index (χ2n) is 6.89. The third-order valence-corrected chi connectivity index (χ3v) is 5.55. The standard InChI is InChI=1S/C22H22FN3O3S/c1-15-24-18(14-30-15)13-29-19-5-2-16(3-6-19)22(27)25-17-4-7-21(20(23)12-17)26-8-10-28-11-9-26/h2-7,12,14H,8-11,13H2,1H3,(H,25,27). The molecular weight excluding hydrogens is 405 g/mol. The molecular formula is C22H22FN3O3S. The molecule has 1 N–H and O–H groups in total. The molecule has 4 rings (SSSR count). The summed E-state index contributed by atoms with van der Waals surface area (Å²) in [5.41, 5.74) is 2.27. The lowest BCUT2D eigenvalue weighted by molar-refractivity contribution is 0.102. The molecule has 0 atom stereocenters. The lowest BCUT2D eigenvalue weighted by Crippen LogP contribution is -2.36. The highest BCUT2D eigenvalue weighted by Gasteiger charge is 2.16. The zero-order chi connectivity index (χ0) is 20.9. The largest absolute Gasteiger partial charge is 0.487 e. The Balaban J connectivity index is 1.35. The van der Waals surface area contributed by atoms with Crippen molar-refractivity contribution in [2.24, 2.45) is 0 Å². The smallest absolute Gasteiger partial charge is 0.255 e. The lowest BCUT2D eigenvalue weighted by atomic mass is 10.2. The van der Waals surface area contributed by atoms with Gasteiger partial charge in [0.1, 0.15) is 18.2 Å². The maximum absolute atomic E-state index is 14.5. The summed E-state index contributed by atoms with van der Waals surface area (Å²) in [5.74, 6) is -0.0240. The number of anilines is 2. The van der Waals surface area contributed by atoms with Crippen LogP contribution in [0.3, 0.4) is 0 Å². The first kappa shape index (κ1) is 20.3. The van der Waals surface area contributed by atoms with Crippen molar-refractivity contribution in [3.8, 4) is 5.75 Å². The van der Waals surface area contributed by atoms with Crippen LogP contribution in [0.4, 0.5) is 15.8 Å². The topological polar surface area (TPSA) is 63.7 Å². The molecule has 8 heteroatoms. The molecule has 0 spiro atoms. The maximum Gasteiger partial charge on any atom is 0.255 e. The van der Waals surface area contributed by atoms with E-state index in [-0.39, 0.29) is 11.7 Å². The van der Waals surface area contributed by atoms with Crippen LogP contribution in [0, 0.1) is 12.7 Å². The van der Waals surface area contributed by atoms with Crippen molar-refractivity contribution < 1.29 is 18.7 Å². The predicted molar refractivity (Wildman–Crippen MR) is 115 cm³/mol. The molecule has 0 unspecified atom stereocenters. The minimum absolute atomic E-state index is 0.310. The Morgan fingerprint density at radius 1 is 1.23 bits per heavy atom. The highest BCUT2D eigenvalue weighted by Crippen LogP contribution is 2.24. The van der Waals surface area contributed by atoms with Crippen molar-refractivity contribution in [2.75, 3.05) is 36.5 Å². The minimum atomic E-state index is -0.365. The summed E-state index contributed by atoms with van der Waals surface area (Å²) in [6.07, 6.45) is 0. The second kappa shape index (κ2) is 9.23. The number of nitrogens with zero attached hydrogens (tertiary/aromatic N) is 2. The number of rotatable bonds is 6. The summed E-state index contributed by atoms with van der Waals surface area (Å²) < 4.78 is 25.5. The van der Waals surface area contributed by atoms with Crippen LogP contribution in [0.2, 0.25) is 0 Å². The van der Waals surface area contributed by atoms with E-state index in [0.29, 0.717) is 55.6 Å². The van der Waals surface area contributed by atoms with Crippen LogP contribution in [-0.4, -0.2) is 37.2 Å². The summed E-state index contributed by atoms with van der Waals surface area (Å²) >= 11 is 1.58. The van der Waals surface area contributed by atoms with E-state index in [9.17, 15) is 9.18 Å². The van der Waals surface area contributed by atoms with Crippen molar-refractivity contribution in [3.63, 3.8) is 0 Å². The molecule has 1 aliphatic rings. The van der Waals surface area contributed by atoms with Gasteiger partial charge in [0.05, 0.1) is 29.6 Å². The van der Waals surface area contributed by atoms with Crippen LogP contribution in [-0.2, 0) is 11.3 Å². The number of aromatic nitrogens is 1. The van der Waals surface area contributed by atoms with E-state index in [0.717, 1.165) is 10.7 Å². The maximum atomic E-state index is 14.5. The van der Waals surface area contributed by atoms with Gasteiger partial charge in [0, 0.05) is 29.7 Å². The number of halogens is 1. The average Bonchev–Trinajstić information content (AvgIpc) is 3.18. The second-order valence-corrected chi connectivity index (χ2v) is 7.95. The highest BCUT2D eigenvalue weighted by atomic mass is 32.1. The number of nitrogens with one attached hydrogen (secondary N) is 1. The molecule has 1 aromatic heterocycles. The van der Waals surface area contributed by atoms with E-state index >= 15 is 0 Å². The van der Waals surface area contributed by atoms with Gasteiger partial charge in [0.25, 0.3) is 5.91 Å². The van der Waals surface area contributed by atoms with Crippen LogP contribution in [0.25, 0.3) is 0 Å². The zero-order valence-corrected chi connectivity index (χ0v) is 17.4. The summed E-state index contributed by atoms with van der Waals surface area (Å²) in [4.78, 5) is 18.8. The first-order valence-electron chi connectivity index (χ1n) is 9.66. The first-order chi connectivity index (χ1) is 14.6. The third kappa shape index (κ3) is 4.95. The number of hydrogen-bond acceptors (Lipinski definition) is 6. The van der Waals surface area contributed by atoms with E-state index in [2.05, 4.69) is 10.3 Å². The van der Waals surface area contributed by atoms with Gasteiger partial charge in [0.2, 0.25) is 0 Å². The molecule has 3 aromatic rings. The van der Waals surface area contributed by atoms with Gasteiger partial charge in [-0.3, -0.25) is 4.79 Å². The van der Waals surface area contributed by atoms with Gasteiger partial charge in [0.15, 0.2) is 0 Å². The quantitative estimate of drug-likeness (QED) is 0.637. The summed E-state index contributed by atoms with van der Waals surface area (Å²) in [5, 5.41) is 5.69. The van der Waals surface area contributed by atoms with Crippen LogP contribution < -0.4 is 15.0 Å². The van der Waals surface area contributed by atoms with Gasteiger partial charge in [-0.05, 0) is 49.4 Å². The van der Waals surface area contributed by atoms with Crippen molar-refractivity contribution in [2.45, 2.75) is 13.5 Å². The molecule has 1 amide bonds. The number of amides is 1. The number of aryl methyl sites for hydroxylation is 1. The fraction of sp³-hybridized carbons (Fsp3) is 0.273. The number of carbonyl (C=O) groups excluding carboxylic acids is 1. The van der Waals surface area contributed by atoms with Crippen LogP contribution >= 0.6 is 11.3 Å². The van der Waals surface area contributed by atoms with Gasteiger partial charge in [-0.1, -0.05) is 0 Å². The predicted octanol–water partition coefficient (Wildman–Crippen LogP) is 4.26. The van der Waals surface area contributed by atoms with Gasteiger partial charge in [-0.2, -0.15) is 0 Å². The molecule has 156 valence electrons. The normalized spacial score (nSPS) is 13.9. The molecule has 0 radical (unpaired) electrons. The SMILES string of the molecule is Cc1nc(COc2ccc(C(=O)Nc3ccc(N4CCOCC4)c(F)c3)cc2)cs1. The Kier molecular flexibility index (Phi) is 6.25. The fourth-order valence-corrected chi connectivity index (χ4v) is 3.78. The van der Waals surface area contributed by atoms with E-state index in [1.807, 2.05) is 17.2 Å². The number of carbonyl (C=O) groups is 1. The number of ether oxygens (including phenoxy) is 2. The van der Waals surface area contributed by atoms with Crippen molar-refractivity contribution in [1.29, 1.82) is 0 Å². The number of morpholine rings is 1. The molecule has 2 aromatic carbocycles. The van der Waals surface area contributed by atoms with Crippen LogP contribution in [0.5, 0.6) is 5.75 Å². The Labute approximate surface area is 178 Å². The minimum Gasteiger partial charge on any atom is -0.487 e. The molecule has 30 heavy (non-hydrogen) atoms. The number of benzene rings is 2. The van der Waals surface area contributed by atoms with Crippen LogP contribution in [0.1, 0.15) is 21.1 Å². The average molecular weight is 428 g/mol. The zero-order valence-electron chi connectivity index (χ0n) is 16.6.